The predicted molar refractivity (Wildman–Crippen MR) is 89.0 cm³/mol. The maximum Gasteiger partial charge on any atom is 0.308 e. The number of carboxylic acids is 1. The summed E-state index contributed by atoms with van der Waals surface area (Å²) < 4.78 is 25.3. The normalized spacial score (nSPS) is 18.4. The number of hydrogen-bond donors (Lipinski definition) is 2. The van der Waals surface area contributed by atoms with E-state index in [4.69, 9.17) is 5.11 Å². The first-order chi connectivity index (χ1) is 11.3. The van der Waals surface area contributed by atoms with Gasteiger partial charge in [0.05, 0.1) is 11.7 Å². The highest BCUT2D eigenvalue weighted by Gasteiger charge is 2.28. The predicted octanol–water partition coefficient (Wildman–Crippen LogP) is 1.06. The highest BCUT2D eigenvalue weighted by atomic mass is 32.2. The first-order valence-corrected chi connectivity index (χ1v) is 9.56. The molecule has 1 saturated heterocycles. The quantitative estimate of drug-likeness (QED) is 0.795. The average Bonchev–Trinajstić information content (AvgIpc) is 2.60. The molecule has 0 saturated carbocycles. The third-order valence-corrected chi connectivity index (χ3v) is 5.48. The Bertz CT molecular complexity index is 700. The third-order valence-electron chi connectivity index (χ3n) is 4.13. The van der Waals surface area contributed by atoms with Crippen molar-refractivity contribution in [2.75, 3.05) is 18.8 Å². The maximum absolute atomic E-state index is 12.5. The van der Waals surface area contributed by atoms with Gasteiger partial charge in [0.15, 0.2) is 0 Å². The number of aliphatic carboxylic acids is 1. The Kier molecular flexibility index (Phi) is 5.95. The molecule has 1 aromatic rings. The van der Waals surface area contributed by atoms with Gasteiger partial charge in [0.25, 0.3) is 5.91 Å². The van der Waals surface area contributed by atoms with Gasteiger partial charge in [0, 0.05) is 25.2 Å². The second-order valence-electron chi connectivity index (χ2n) is 5.85. The summed E-state index contributed by atoms with van der Waals surface area (Å²) in [6.45, 7) is 2.52. The van der Waals surface area contributed by atoms with Crippen LogP contribution in [0.15, 0.2) is 24.3 Å². The smallest absolute Gasteiger partial charge is 0.308 e. The molecule has 1 aliphatic heterocycles. The van der Waals surface area contributed by atoms with Crippen molar-refractivity contribution >= 4 is 21.9 Å². The van der Waals surface area contributed by atoms with Gasteiger partial charge in [-0.3, -0.25) is 9.59 Å². The number of amides is 1. The molecule has 132 valence electrons. The summed E-state index contributed by atoms with van der Waals surface area (Å²) in [5, 5.41) is 9.10. The van der Waals surface area contributed by atoms with Gasteiger partial charge in [0.1, 0.15) is 0 Å². The zero-order valence-corrected chi connectivity index (χ0v) is 14.4. The van der Waals surface area contributed by atoms with Crippen LogP contribution in [0.5, 0.6) is 0 Å². The summed E-state index contributed by atoms with van der Waals surface area (Å²) >= 11 is 0. The van der Waals surface area contributed by atoms with Gasteiger partial charge in [-0.2, -0.15) is 0 Å². The van der Waals surface area contributed by atoms with Gasteiger partial charge in [0.2, 0.25) is 10.0 Å². The molecule has 1 aromatic carbocycles. The van der Waals surface area contributed by atoms with Crippen molar-refractivity contribution in [2.45, 2.75) is 26.3 Å². The highest BCUT2D eigenvalue weighted by molar-refractivity contribution is 7.89. The van der Waals surface area contributed by atoms with Crippen LogP contribution in [0.25, 0.3) is 0 Å². The molecular weight excluding hydrogens is 332 g/mol. The van der Waals surface area contributed by atoms with Gasteiger partial charge >= 0.3 is 5.97 Å². The molecule has 1 atom stereocenters. The molecule has 0 aliphatic carbocycles. The number of rotatable bonds is 6. The number of likely N-dealkylation sites (tertiary alicyclic amines) is 1. The largest absolute Gasteiger partial charge is 0.481 e. The lowest BCUT2D eigenvalue weighted by molar-refractivity contribution is -0.143. The molecule has 1 heterocycles. The number of nitrogens with one attached hydrogen (secondary N) is 1. The van der Waals surface area contributed by atoms with Crippen LogP contribution < -0.4 is 4.72 Å². The number of carbonyl (C=O) groups excluding carboxylic acids is 1. The molecule has 0 bridgehead atoms. The number of sulfonamides is 1. The first-order valence-electron chi connectivity index (χ1n) is 7.90. The van der Waals surface area contributed by atoms with Crippen molar-refractivity contribution in [1.29, 1.82) is 0 Å². The topological polar surface area (TPSA) is 104 Å². The van der Waals surface area contributed by atoms with Gasteiger partial charge in [-0.15, -0.1) is 0 Å². The van der Waals surface area contributed by atoms with E-state index in [0.717, 1.165) is 5.56 Å². The van der Waals surface area contributed by atoms with E-state index in [1.54, 1.807) is 36.1 Å². The van der Waals surface area contributed by atoms with Crippen LogP contribution in [0.1, 0.15) is 35.7 Å². The monoisotopic (exact) mass is 354 g/mol. The summed E-state index contributed by atoms with van der Waals surface area (Å²) in [6, 6.07) is 6.68. The Morgan fingerprint density at radius 1 is 1.29 bits per heavy atom. The van der Waals surface area contributed by atoms with E-state index in [-0.39, 0.29) is 24.7 Å². The number of nitrogens with zero attached hydrogens (tertiary/aromatic N) is 1. The Balaban J connectivity index is 1.99. The standard InChI is InChI=1S/C16H22N2O5S/c1-2-24(22,23)17-10-12-5-7-13(8-6-12)15(19)18-9-3-4-14(11-18)16(20)21/h5-8,14,17H,2-4,9-11H2,1H3,(H,20,21)/t14-/m0/s1. The van der Waals surface area contributed by atoms with Gasteiger partial charge in [-0.05, 0) is 37.5 Å². The molecule has 0 spiro atoms. The Labute approximate surface area is 141 Å². The molecule has 8 heteroatoms. The molecule has 1 aliphatic rings. The van der Waals surface area contributed by atoms with E-state index in [0.29, 0.717) is 24.9 Å². The van der Waals surface area contributed by atoms with Gasteiger partial charge in [-0.1, -0.05) is 12.1 Å². The minimum Gasteiger partial charge on any atom is -0.481 e. The Hall–Kier alpha value is -1.93. The van der Waals surface area contributed by atoms with E-state index in [1.165, 1.54) is 0 Å². The van der Waals surface area contributed by atoms with Crippen LogP contribution >= 0.6 is 0 Å². The summed E-state index contributed by atoms with van der Waals surface area (Å²) in [7, 11) is -3.26. The second-order valence-corrected chi connectivity index (χ2v) is 7.95. The number of hydrogen-bond acceptors (Lipinski definition) is 4. The number of piperidine rings is 1. The number of carboxylic acid groups (broad SMARTS) is 1. The van der Waals surface area contributed by atoms with Crippen LogP contribution in [-0.4, -0.2) is 49.1 Å². The molecule has 24 heavy (non-hydrogen) atoms. The lowest BCUT2D eigenvalue weighted by Crippen LogP contribution is -2.42. The highest BCUT2D eigenvalue weighted by Crippen LogP contribution is 2.19. The van der Waals surface area contributed by atoms with Crippen molar-refractivity contribution in [3.05, 3.63) is 35.4 Å². The van der Waals surface area contributed by atoms with Crippen molar-refractivity contribution in [3.63, 3.8) is 0 Å². The zero-order chi connectivity index (χ0) is 17.7. The van der Waals surface area contributed by atoms with E-state index < -0.39 is 21.9 Å². The molecule has 2 rings (SSSR count). The van der Waals surface area contributed by atoms with Crippen molar-refractivity contribution in [1.82, 2.24) is 9.62 Å². The third kappa shape index (κ3) is 4.78. The molecule has 0 unspecified atom stereocenters. The summed E-state index contributed by atoms with van der Waals surface area (Å²) in [5.41, 5.74) is 1.23. The minimum atomic E-state index is -3.26. The van der Waals surface area contributed by atoms with Gasteiger partial charge < -0.3 is 10.0 Å². The van der Waals surface area contributed by atoms with Crippen molar-refractivity contribution in [2.24, 2.45) is 5.92 Å². The van der Waals surface area contributed by atoms with Crippen LogP contribution in [0.4, 0.5) is 0 Å². The lowest BCUT2D eigenvalue weighted by Gasteiger charge is -2.30. The number of benzene rings is 1. The van der Waals surface area contributed by atoms with Crippen LogP contribution in [-0.2, 0) is 21.4 Å². The molecule has 0 radical (unpaired) electrons. The summed E-state index contributed by atoms with van der Waals surface area (Å²) in [5.74, 6) is -1.55. The molecule has 1 fully saturated rings. The van der Waals surface area contributed by atoms with Crippen LogP contribution in [0, 0.1) is 5.92 Å². The fourth-order valence-corrected chi connectivity index (χ4v) is 3.20. The van der Waals surface area contributed by atoms with Crippen molar-refractivity contribution < 1.29 is 23.1 Å². The van der Waals surface area contributed by atoms with Crippen LogP contribution in [0.3, 0.4) is 0 Å². The molecule has 1 amide bonds. The van der Waals surface area contributed by atoms with E-state index in [9.17, 15) is 18.0 Å². The SMILES string of the molecule is CCS(=O)(=O)NCc1ccc(C(=O)N2CCC[C@H](C(=O)O)C2)cc1. The van der Waals surface area contributed by atoms with E-state index >= 15 is 0 Å². The molecular formula is C16H22N2O5S. The fraction of sp³-hybridized carbons (Fsp3) is 0.500. The molecule has 2 N–H and O–H groups in total. The fourth-order valence-electron chi connectivity index (χ4n) is 2.61. The Morgan fingerprint density at radius 3 is 2.54 bits per heavy atom. The van der Waals surface area contributed by atoms with Gasteiger partial charge in [-0.25, -0.2) is 13.1 Å². The van der Waals surface area contributed by atoms with E-state index in [2.05, 4.69) is 4.72 Å². The minimum absolute atomic E-state index is 0.0171. The molecule has 0 aromatic heterocycles. The number of carbonyl (C=O) groups is 2. The first kappa shape index (κ1) is 18.4. The second kappa shape index (κ2) is 7.76. The lowest BCUT2D eigenvalue weighted by atomic mass is 9.97. The van der Waals surface area contributed by atoms with Crippen LogP contribution in [0.2, 0.25) is 0 Å². The molecule has 7 nitrogen and oxygen atoms in total. The summed E-state index contributed by atoms with van der Waals surface area (Å²) in [6.07, 6.45) is 1.27. The van der Waals surface area contributed by atoms with Crippen molar-refractivity contribution in [3.8, 4) is 0 Å². The zero-order valence-electron chi connectivity index (χ0n) is 13.6. The summed E-state index contributed by atoms with van der Waals surface area (Å²) in [4.78, 5) is 25.1. The maximum atomic E-state index is 12.5. The Morgan fingerprint density at radius 2 is 1.96 bits per heavy atom. The van der Waals surface area contributed by atoms with E-state index in [1.807, 2.05) is 0 Å². The average molecular weight is 354 g/mol.